The van der Waals surface area contributed by atoms with Crippen molar-refractivity contribution in [2.75, 3.05) is 32.9 Å². The third kappa shape index (κ3) is 9.92. The Morgan fingerprint density at radius 1 is 0.973 bits per heavy atom. The second-order valence-corrected chi connectivity index (χ2v) is 8.91. The fraction of sp³-hybridized carbons (Fsp3) is 0.500. The van der Waals surface area contributed by atoms with E-state index in [1.807, 2.05) is 12.1 Å². The molecule has 0 heterocycles. The Balaban J connectivity index is 1.47. The van der Waals surface area contributed by atoms with E-state index in [4.69, 9.17) is 18.9 Å². The summed E-state index contributed by atoms with van der Waals surface area (Å²) in [5.41, 5.74) is 0.830. The van der Waals surface area contributed by atoms with Gasteiger partial charge in [-0.05, 0) is 81.0 Å². The molecule has 1 amide bonds. The largest absolute Gasteiger partial charge is 0.494 e. The Morgan fingerprint density at radius 2 is 1.59 bits per heavy atom. The summed E-state index contributed by atoms with van der Waals surface area (Å²) in [6.07, 6.45) is 3.49. The molecule has 37 heavy (non-hydrogen) atoms. The molecule has 1 unspecified atom stereocenters. The van der Waals surface area contributed by atoms with Crippen molar-refractivity contribution in [1.82, 2.24) is 4.90 Å². The van der Waals surface area contributed by atoms with Crippen molar-refractivity contribution in [3.63, 3.8) is 0 Å². The van der Waals surface area contributed by atoms with Crippen molar-refractivity contribution in [1.29, 1.82) is 0 Å². The zero-order chi connectivity index (χ0) is 26.5. The molecule has 202 valence electrons. The second-order valence-electron chi connectivity index (χ2n) is 8.91. The summed E-state index contributed by atoms with van der Waals surface area (Å²) in [6.45, 7) is 3.52. The average molecular weight is 518 g/mol. The minimum absolute atomic E-state index is 0.0368. The molecule has 3 rings (SSSR count). The summed E-state index contributed by atoms with van der Waals surface area (Å²) in [5.74, 6) is -0.118. The molecule has 1 aliphatic rings. The topological polar surface area (TPSA) is 94.5 Å². The third-order valence-electron chi connectivity index (χ3n) is 6.10. The lowest BCUT2D eigenvalue weighted by molar-refractivity contribution is -0.149. The van der Waals surface area contributed by atoms with E-state index in [0.717, 1.165) is 31.2 Å². The van der Waals surface area contributed by atoms with E-state index in [1.165, 1.54) is 12.1 Å². The number of amides is 1. The quantitative estimate of drug-likeness (QED) is 0.329. The first-order valence-electron chi connectivity index (χ1n) is 12.8. The van der Waals surface area contributed by atoms with Gasteiger partial charge in [0.2, 0.25) is 0 Å². The van der Waals surface area contributed by atoms with Gasteiger partial charge < -0.3 is 29.0 Å². The molecule has 0 saturated heterocycles. The van der Waals surface area contributed by atoms with Crippen LogP contribution in [0.5, 0.6) is 11.5 Å². The van der Waals surface area contributed by atoms with Crippen LogP contribution in [0.15, 0.2) is 48.5 Å². The molecule has 0 radical (unpaired) electrons. The Labute approximate surface area is 217 Å². The Bertz CT molecular complexity index is 962. The predicted octanol–water partition coefficient (Wildman–Crippen LogP) is 5.09. The van der Waals surface area contributed by atoms with Gasteiger partial charge in [0.05, 0.1) is 13.2 Å². The van der Waals surface area contributed by atoms with E-state index < -0.39 is 12.1 Å². The number of hydrogen-bond acceptors (Lipinski definition) is 6. The van der Waals surface area contributed by atoms with Gasteiger partial charge in [0.1, 0.15) is 30.0 Å². The maximum absolute atomic E-state index is 13.1. The SMILES string of the molecule is CCOC(Cc1ccc(OCCN(CCCOc2ccc(F)cc2)C(=O)OC2CCCC2)cc1)C(=O)O. The van der Waals surface area contributed by atoms with Gasteiger partial charge >= 0.3 is 12.1 Å². The Hall–Kier alpha value is -3.33. The monoisotopic (exact) mass is 517 g/mol. The molecule has 1 aliphatic carbocycles. The molecular weight excluding hydrogens is 481 g/mol. The molecule has 1 saturated carbocycles. The second kappa shape index (κ2) is 15.0. The molecule has 1 N–H and O–H groups in total. The van der Waals surface area contributed by atoms with Crippen LogP contribution in [0.1, 0.15) is 44.6 Å². The van der Waals surface area contributed by atoms with Crippen LogP contribution in [0.4, 0.5) is 9.18 Å². The first-order valence-corrected chi connectivity index (χ1v) is 12.8. The van der Waals surface area contributed by atoms with Crippen molar-refractivity contribution in [3.8, 4) is 11.5 Å². The molecule has 2 aromatic carbocycles. The van der Waals surface area contributed by atoms with E-state index >= 15 is 0 Å². The minimum atomic E-state index is -0.991. The fourth-order valence-corrected chi connectivity index (χ4v) is 4.12. The molecule has 0 bridgehead atoms. The van der Waals surface area contributed by atoms with Gasteiger partial charge in [-0.1, -0.05) is 12.1 Å². The van der Waals surface area contributed by atoms with Crippen LogP contribution in [0.3, 0.4) is 0 Å². The summed E-state index contributed by atoms with van der Waals surface area (Å²) < 4.78 is 35.5. The summed E-state index contributed by atoms with van der Waals surface area (Å²) in [7, 11) is 0. The standard InChI is InChI=1S/C28H36FNO7/c1-2-34-26(27(31)32)20-21-8-12-23(13-9-21)36-19-17-30(28(33)37-25-6-3-4-7-25)16-5-18-35-24-14-10-22(29)11-15-24/h8-15,25-26H,2-7,16-20H2,1H3,(H,31,32). The number of carbonyl (C=O) groups excluding carboxylic acids is 1. The number of aliphatic carboxylic acids is 1. The number of halogens is 1. The summed E-state index contributed by atoms with van der Waals surface area (Å²) >= 11 is 0. The van der Waals surface area contributed by atoms with Crippen molar-refractivity contribution >= 4 is 12.1 Å². The minimum Gasteiger partial charge on any atom is -0.494 e. The van der Waals surface area contributed by atoms with E-state index in [-0.39, 0.29) is 31.0 Å². The lowest BCUT2D eigenvalue weighted by Gasteiger charge is -2.24. The highest BCUT2D eigenvalue weighted by molar-refractivity contribution is 5.72. The first-order chi connectivity index (χ1) is 17.9. The highest BCUT2D eigenvalue weighted by Crippen LogP contribution is 2.22. The van der Waals surface area contributed by atoms with Crippen molar-refractivity contribution in [2.45, 2.75) is 57.7 Å². The summed E-state index contributed by atoms with van der Waals surface area (Å²) in [4.78, 5) is 25.7. The number of ether oxygens (including phenoxy) is 4. The van der Waals surface area contributed by atoms with Gasteiger partial charge in [-0.3, -0.25) is 0 Å². The lowest BCUT2D eigenvalue weighted by Crippen LogP contribution is -2.38. The highest BCUT2D eigenvalue weighted by Gasteiger charge is 2.23. The summed E-state index contributed by atoms with van der Waals surface area (Å²) in [5, 5.41) is 9.25. The number of rotatable bonds is 15. The van der Waals surface area contributed by atoms with E-state index in [1.54, 1.807) is 36.1 Å². The van der Waals surface area contributed by atoms with Crippen molar-refractivity contribution in [2.24, 2.45) is 0 Å². The van der Waals surface area contributed by atoms with Crippen LogP contribution < -0.4 is 9.47 Å². The molecule has 2 aromatic rings. The van der Waals surface area contributed by atoms with Crippen LogP contribution in [0.25, 0.3) is 0 Å². The average Bonchev–Trinajstić information content (AvgIpc) is 3.40. The lowest BCUT2D eigenvalue weighted by atomic mass is 10.1. The number of hydrogen-bond donors (Lipinski definition) is 1. The summed E-state index contributed by atoms with van der Waals surface area (Å²) in [6, 6.07) is 13.0. The number of carboxylic acids is 1. The molecular formula is C28H36FNO7. The van der Waals surface area contributed by atoms with Gasteiger partial charge in [0.25, 0.3) is 0 Å². The van der Waals surface area contributed by atoms with Gasteiger partial charge in [-0.15, -0.1) is 0 Å². The number of carbonyl (C=O) groups is 2. The number of nitrogens with zero attached hydrogens (tertiary/aromatic N) is 1. The molecule has 1 fully saturated rings. The van der Waals surface area contributed by atoms with E-state index in [0.29, 0.717) is 44.2 Å². The number of benzene rings is 2. The predicted molar refractivity (Wildman–Crippen MR) is 136 cm³/mol. The van der Waals surface area contributed by atoms with Crippen molar-refractivity contribution < 1.29 is 38.0 Å². The van der Waals surface area contributed by atoms with Crippen LogP contribution in [0.2, 0.25) is 0 Å². The smallest absolute Gasteiger partial charge is 0.410 e. The van der Waals surface area contributed by atoms with Crippen molar-refractivity contribution in [3.05, 3.63) is 59.9 Å². The Kier molecular flexibility index (Phi) is 11.5. The van der Waals surface area contributed by atoms with E-state index in [9.17, 15) is 19.1 Å². The van der Waals surface area contributed by atoms with Crippen LogP contribution in [0, 0.1) is 5.82 Å². The molecule has 0 aromatic heterocycles. The molecule has 0 spiro atoms. The normalized spacial score (nSPS) is 14.2. The van der Waals surface area contributed by atoms with E-state index in [2.05, 4.69) is 0 Å². The Morgan fingerprint density at radius 3 is 2.22 bits per heavy atom. The third-order valence-corrected chi connectivity index (χ3v) is 6.10. The van der Waals surface area contributed by atoms with Crippen LogP contribution >= 0.6 is 0 Å². The molecule has 1 atom stereocenters. The molecule has 0 aliphatic heterocycles. The maximum atomic E-state index is 13.1. The van der Waals surface area contributed by atoms with Gasteiger partial charge in [0.15, 0.2) is 6.10 Å². The molecule has 8 nitrogen and oxygen atoms in total. The van der Waals surface area contributed by atoms with Gasteiger partial charge in [-0.2, -0.15) is 0 Å². The van der Waals surface area contributed by atoms with Gasteiger partial charge in [0, 0.05) is 19.6 Å². The maximum Gasteiger partial charge on any atom is 0.410 e. The first kappa shape index (κ1) is 28.2. The number of carboxylic acid groups (broad SMARTS) is 1. The molecule has 9 heteroatoms. The van der Waals surface area contributed by atoms with Gasteiger partial charge in [-0.25, -0.2) is 14.0 Å². The highest BCUT2D eigenvalue weighted by atomic mass is 19.1. The fourth-order valence-electron chi connectivity index (χ4n) is 4.12. The van der Waals surface area contributed by atoms with Crippen LogP contribution in [-0.2, 0) is 20.7 Å². The zero-order valence-electron chi connectivity index (χ0n) is 21.3. The zero-order valence-corrected chi connectivity index (χ0v) is 21.3. The van der Waals surface area contributed by atoms with Crippen LogP contribution in [-0.4, -0.2) is 67.2 Å².